The zero-order valence-corrected chi connectivity index (χ0v) is 24.0. The van der Waals surface area contributed by atoms with Gasteiger partial charge in [-0.2, -0.15) is 0 Å². The Balaban J connectivity index is 0.000000616. The van der Waals surface area contributed by atoms with E-state index in [0.29, 0.717) is 25.3 Å². The first-order valence-electron chi connectivity index (χ1n) is 14.1. The SMILES string of the molecule is COc1cccc(-c2c(C)n(Cc3c(F)cccc3F)c(=O)n(CCC3CCCCC3)c2=O)c1F.NCCCC(=O)O. The molecule has 0 radical (unpaired) electrons. The summed E-state index contributed by atoms with van der Waals surface area (Å²) in [5, 5.41) is 7.99. The highest BCUT2D eigenvalue weighted by atomic mass is 19.1. The van der Waals surface area contributed by atoms with Crippen molar-refractivity contribution in [2.45, 2.75) is 71.4 Å². The summed E-state index contributed by atoms with van der Waals surface area (Å²) in [6, 6.07) is 7.88. The molecule has 0 unspecified atom stereocenters. The first kappa shape index (κ1) is 32.7. The number of benzene rings is 2. The molecule has 1 fully saturated rings. The largest absolute Gasteiger partial charge is 0.494 e. The molecule has 3 aromatic rings. The lowest BCUT2D eigenvalue weighted by atomic mass is 9.87. The van der Waals surface area contributed by atoms with Gasteiger partial charge in [0.05, 0.1) is 19.2 Å². The number of carboxylic acids is 1. The second-order valence-electron chi connectivity index (χ2n) is 10.4. The standard InChI is InChI=1S/C27H29F3N2O3.C4H9NO2/c1-17-24(19-10-6-13-23(35-2)25(19)30)26(33)31(15-14-18-8-4-3-5-9-18)27(34)32(17)16-20-21(28)11-7-12-22(20)29;5-3-1-2-4(6)7/h6-7,10-13,18H,3-5,8-9,14-16H2,1-2H3;1-3,5H2,(H,6,7). The number of halogens is 3. The van der Waals surface area contributed by atoms with Crippen molar-refractivity contribution in [2.24, 2.45) is 11.7 Å². The van der Waals surface area contributed by atoms with E-state index in [-0.39, 0.29) is 41.1 Å². The van der Waals surface area contributed by atoms with Crippen molar-refractivity contribution in [1.82, 2.24) is 9.13 Å². The van der Waals surface area contributed by atoms with Crippen LogP contribution in [0.4, 0.5) is 13.2 Å². The van der Waals surface area contributed by atoms with Crippen LogP contribution in [-0.2, 0) is 17.9 Å². The number of nitrogens with two attached hydrogens (primary N) is 1. The van der Waals surface area contributed by atoms with Gasteiger partial charge in [0.15, 0.2) is 11.6 Å². The van der Waals surface area contributed by atoms with Crippen molar-refractivity contribution in [3.05, 3.63) is 85.9 Å². The van der Waals surface area contributed by atoms with Gasteiger partial charge in [-0.3, -0.25) is 18.7 Å². The normalized spacial score (nSPS) is 13.4. The van der Waals surface area contributed by atoms with Crippen LogP contribution in [0.5, 0.6) is 5.75 Å². The topological polar surface area (TPSA) is 117 Å². The third-order valence-electron chi connectivity index (χ3n) is 7.60. The number of aromatic nitrogens is 2. The summed E-state index contributed by atoms with van der Waals surface area (Å²) in [6.45, 7) is 1.68. The van der Waals surface area contributed by atoms with Crippen LogP contribution in [-0.4, -0.2) is 33.9 Å². The molecule has 2 aromatic carbocycles. The van der Waals surface area contributed by atoms with Gasteiger partial charge < -0.3 is 15.6 Å². The zero-order valence-electron chi connectivity index (χ0n) is 24.0. The average Bonchev–Trinajstić information content (AvgIpc) is 2.97. The zero-order chi connectivity index (χ0) is 30.8. The summed E-state index contributed by atoms with van der Waals surface area (Å²) in [5.74, 6) is -2.77. The van der Waals surface area contributed by atoms with E-state index in [9.17, 15) is 23.2 Å². The van der Waals surface area contributed by atoms with Gasteiger partial charge in [0, 0.05) is 29.8 Å². The second kappa shape index (κ2) is 15.4. The van der Waals surface area contributed by atoms with Gasteiger partial charge in [-0.05, 0) is 50.4 Å². The Labute approximate surface area is 242 Å². The van der Waals surface area contributed by atoms with Crippen molar-refractivity contribution in [2.75, 3.05) is 13.7 Å². The molecule has 3 N–H and O–H groups in total. The van der Waals surface area contributed by atoms with Crippen LogP contribution in [0.3, 0.4) is 0 Å². The van der Waals surface area contributed by atoms with Crippen LogP contribution < -0.4 is 21.7 Å². The number of hydrogen-bond donors (Lipinski definition) is 2. The van der Waals surface area contributed by atoms with E-state index in [1.807, 2.05) is 0 Å². The molecule has 0 bridgehead atoms. The average molecular weight is 590 g/mol. The van der Waals surface area contributed by atoms with E-state index in [1.54, 1.807) is 6.07 Å². The molecule has 0 saturated heterocycles. The van der Waals surface area contributed by atoms with Gasteiger partial charge in [-0.1, -0.05) is 50.3 Å². The molecule has 11 heteroatoms. The fourth-order valence-electron chi connectivity index (χ4n) is 5.24. The molecule has 1 aliphatic rings. The minimum atomic E-state index is -0.801. The van der Waals surface area contributed by atoms with Crippen molar-refractivity contribution in [1.29, 1.82) is 0 Å². The maximum Gasteiger partial charge on any atom is 0.331 e. The molecule has 42 heavy (non-hydrogen) atoms. The third-order valence-corrected chi connectivity index (χ3v) is 7.60. The fourth-order valence-corrected chi connectivity index (χ4v) is 5.24. The van der Waals surface area contributed by atoms with E-state index >= 15 is 4.39 Å². The van der Waals surface area contributed by atoms with Gasteiger partial charge in [0.1, 0.15) is 11.6 Å². The number of rotatable bonds is 10. The Morgan fingerprint density at radius 3 is 2.24 bits per heavy atom. The predicted molar refractivity (Wildman–Crippen MR) is 154 cm³/mol. The fraction of sp³-hybridized carbons (Fsp3) is 0.452. The van der Waals surface area contributed by atoms with Crippen LogP contribution in [0.15, 0.2) is 46.0 Å². The smallest absolute Gasteiger partial charge is 0.331 e. The van der Waals surface area contributed by atoms with Crippen LogP contribution in [0, 0.1) is 30.3 Å². The summed E-state index contributed by atoms with van der Waals surface area (Å²) in [5.41, 5.74) is 3.50. The van der Waals surface area contributed by atoms with Crippen molar-refractivity contribution >= 4 is 5.97 Å². The van der Waals surface area contributed by atoms with Crippen LogP contribution in [0.25, 0.3) is 11.1 Å². The highest BCUT2D eigenvalue weighted by Gasteiger charge is 2.24. The number of hydrogen-bond acceptors (Lipinski definition) is 5. The van der Waals surface area contributed by atoms with Gasteiger partial charge in [-0.25, -0.2) is 18.0 Å². The van der Waals surface area contributed by atoms with Crippen LogP contribution in [0.2, 0.25) is 0 Å². The number of aliphatic carboxylic acids is 1. The van der Waals surface area contributed by atoms with Crippen LogP contribution >= 0.6 is 0 Å². The van der Waals surface area contributed by atoms with Gasteiger partial charge in [-0.15, -0.1) is 0 Å². The summed E-state index contributed by atoms with van der Waals surface area (Å²) in [6.07, 6.45) is 6.88. The quantitative estimate of drug-likeness (QED) is 0.334. The Morgan fingerprint density at radius 1 is 1.02 bits per heavy atom. The van der Waals surface area contributed by atoms with Crippen molar-refractivity contribution in [3.63, 3.8) is 0 Å². The lowest BCUT2D eigenvalue weighted by molar-refractivity contribution is -0.137. The Bertz CT molecular complexity index is 1480. The molecule has 0 spiro atoms. The van der Waals surface area contributed by atoms with E-state index in [1.165, 1.54) is 38.7 Å². The molecular formula is C31H38F3N3O5. The van der Waals surface area contributed by atoms with E-state index in [0.717, 1.165) is 47.0 Å². The second-order valence-corrected chi connectivity index (χ2v) is 10.4. The number of methoxy groups -OCH3 is 1. The molecule has 1 saturated carbocycles. The maximum absolute atomic E-state index is 15.2. The summed E-state index contributed by atoms with van der Waals surface area (Å²) in [4.78, 5) is 36.7. The number of carbonyl (C=O) groups is 1. The highest BCUT2D eigenvalue weighted by molar-refractivity contribution is 5.67. The van der Waals surface area contributed by atoms with E-state index < -0.39 is 41.2 Å². The Hall–Kier alpha value is -3.86. The molecule has 0 atom stereocenters. The number of nitrogens with zero attached hydrogens (tertiary/aromatic N) is 2. The third kappa shape index (κ3) is 7.90. The van der Waals surface area contributed by atoms with E-state index in [2.05, 4.69) is 0 Å². The monoisotopic (exact) mass is 589 g/mol. The predicted octanol–water partition coefficient (Wildman–Crippen LogP) is 5.24. The van der Waals surface area contributed by atoms with Gasteiger partial charge >= 0.3 is 11.7 Å². The number of ether oxygens (including phenoxy) is 1. The van der Waals surface area contributed by atoms with Crippen LogP contribution in [0.1, 0.15) is 62.6 Å². The summed E-state index contributed by atoms with van der Waals surface area (Å²) in [7, 11) is 1.32. The Morgan fingerprint density at radius 2 is 1.67 bits per heavy atom. The van der Waals surface area contributed by atoms with Crippen molar-refractivity contribution in [3.8, 4) is 16.9 Å². The summed E-state index contributed by atoms with van der Waals surface area (Å²) < 4.78 is 51.4. The molecular weight excluding hydrogens is 551 g/mol. The molecule has 1 heterocycles. The van der Waals surface area contributed by atoms with Gasteiger partial charge in [0.25, 0.3) is 5.56 Å². The number of carboxylic acid groups (broad SMARTS) is 1. The molecule has 0 aliphatic heterocycles. The van der Waals surface area contributed by atoms with Crippen molar-refractivity contribution < 1.29 is 27.8 Å². The first-order chi connectivity index (χ1) is 20.1. The van der Waals surface area contributed by atoms with E-state index in [4.69, 9.17) is 15.6 Å². The lowest BCUT2D eigenvalue weighted by Crippen LogP contribution is -2.43. The molecule has 1 aromatic heterocycles. The Kier molecular flexibility index (Phi) is 12.0. The molecule has 8 nitrogen and oxygen atoms in total. The molecule has 1 aliphatic carbocycles. The molecule has 0 amide bonds. The maximum atomic E-state index is 15.2. The molecule has 228 valence electrons. The summed E-state index contributed by atoms with van der Waals surface area (Å²) >= 11 is 0. The highest BCUT2D eigenvalue weighted by Crippen LogP contribution is 2.30. The molecule has 4 rings (SSSR count). The first-order valence-corrected chi connectivity index (χ1v) is 14.1. The van der Waals surface area contributed by atoms with Gasteiger partial charge in [0.2, 0.25) is 0 Å². The lowest BCUT2D eigenvalue weighted by Gasteiger charge is -2.23. The minimum Gasteiger partial charge on any atom is -0.494 e. The minimum absolute atomic E-state index is 0.0265.